The normalized spacial score (nSPS) is 11.8. The van der Waals surface area contributed by atoms with E-state index >= 15 is 0 Å². The molecule has 0 bridgehead atoms. The van der Waals surface area contributed by atoms with Gasteiger partial charge in [-0.2, -0.15) is 0 Å². The monoisotopic (exact) mass is 324 g/mol. The third kappa shape index (κ3) is 4.69. The van der Waals surface area contributed by atoms with Crippen molar-refractivity contribution in [3.63, 3.8) is 0 Å². The number of amides is 2. The van der Waals surface area contributed by atoms with Gasteiger partial charge in [-0.1, -0.05) is 47.5 Å². The van der Waals surface area contributed by atoms with Crippen LogP contribution >= 0.6 is 0 Å². The molecule has 2 amide bonds. The summed E-state index contributed by atoms with van der Waals surface area (Å²) in [4.78, 5) is 25.9. The Balaban J connectivity index is 2.24. The van der Waals surface area contributed by atoms with Crippen LogP contribution in [0.15, 0.2) is 48.5 Å². The van der Waals surface area contributed by atoms with E-state index in [0.29, 0.717) is 12.0 Å². The summed E-state index contributed by atoms with van der Waals surface area (Å²) in [6.07, 6.45) is 0.735. The summed E-state index contributed by atoms with van der Waals surface area (Å²) < 4.78 is 0. The molecule has 0 aliphatic rings. The maximum absolute atomic E-state index is 12.8. The van der Waals surface area contributed by atoms with Gasteiger partial charge in [-0.25, -0.2) is 0 Å². The van der Waals surface area contributed by atoms with Crippen molar-refractivity contribution in [3.05, 3.63) is 70.8 Å². The summed E-state index contributed by atoms with van der Waals surface area (Å²) in [5.41, 5.74) is 9.19. The Bertz CT molecular complexity index is 705. The van der Waals surface area contributed by atoms with Gasteiger partial charge in [0.2, 0.25) is 5.91 Å². The van der Waals surface area contributed by atoms with Crippen molar-refractivity contribution < 1.29 is 9.59 Å². The van der Waals surface area contributed by atoms with Crippen LogP contribution in [0.5, 0.6) is 0 Å². The zero-order chi connectivity index (χ0) is 17.7. The Hall–Kier alpha value is -2.62. The highest BCUT2D eigenvalue weighted by molar-refractivity contribution is 5.95. The SMILES string of the molecule is Cc1cc(C)cc(C(=O)N(C)[C@H](CC(N)=O)Cc2ccccc2)c1. The molecule has 24 heavy (non-hydrogen) atoms. The predicted octanol–water partition coefficient (Wildman–Crippen LogP) is 2.86. The van der Waals surface area contributed by atoms with Gasteiger partial charge < -0.3 is 10.6 Å². The lowest BCUT2D eigenvalue weighted by molar-refractivity contribution is -0.118. The number of likely N-dealkylation sites (N-methyl/N-ethyl adjacent to an activating group) is 1. The number of rotatable bonds is 6. The maximum Gasteiger partial charge on any atom is 0.253 e. The Labute approximate surface area is 143 Å². The van der Waals surface area contributed by atoms with E-state index < -0.39 is 5.91 Å². The average molecular weight is 324 g/mol. The highest BCUT2D eigenvalue weighted by Crippen LogP contribution is 2.16. The number of carbonyl (C=O) groups excluding carboxylic acids is 2. The van der Waals surface area contributed by atoms with Crippen molar-refractivity contribution >= 4 is 11.8 Å². The summed E-state index contributed by atoms with van der Waals surface area (Å²) in [5.74, 6) is -0.500. The van der Waals surface area contributed by atoms with E-state index in [1.807, 2.05) is 62.4 Å². The number of aryl methyl sites for hydroxylation is 2. The maximum atomic E-state index is 12.8. The summed E-state index contributed by atoms with van der Waals surface area (Å²) in [6.45, 7) is 3.93. The second-order valence-corrected chi connectivity index (χ2v) is 6.31. The first-order valence-corrected chi connectivity index (χ1v) is 8.04. The number of primary amides is 1. The molecular formula is C20H24N2O2. The summed E-state index contributed by atoms with van der Waals surface area (Å²) >= 11 is 0. The number of nitrogens with zero attached hydrogens (tertiary/aromatic N) is 1. The number of hydrogen-bond acceptors (Lipinski definition) is 2. The highest BCUT2D eigenvalue weighted by atomic mass is 16.2. The molecule has 0 saturated heterocycles. The van der Waals surface area contributed by atoms with Gasteiger partial charge in [0.1, 0.15) is 0 Å². The molecule has 0 radical (unpaired) electrons. The largest absolute Gasteiger partial charge is 0.370 e. The van der Waals surface area contributed by atoms with Crippen LogP contribution in [0.25, 0.3) is 0 Å². The molecule has 0 aliphatic heterocycles. The van der Waals surface area contributed by atoms with Gasteiger partial charge in [0.25, 0.3) is 5.91 Å². The Kier molecular flexibility index (Phi) is 5.74. The molecule has 0 fully saturated rings. The standard InChI is InChI=1S/C20H24N2O2/c1-14-9-15(2)11-17(10-14)20(24)22(3)18(13-19(21)23)12-16-7-5-4-6-8-16/h4-11,18H,12-13H2,1-3H3,(H2,21,23)/t18-/m0/s1. The molecule has 4 nitrogen and oxygen atoms in total. The van der Waals surface area contributed by atoms with Crippen LogP contribution in [0.4, 0.5) is 0 Å². The number of carbonyl (C=O) groups is 2. The van der Waals surface area contributed by atoms with Crippen LogP contribution in [-0.4, -0.2) is 29.8 Å². The highest BCUT2D eigenvalue weighted by Gasteiger charge is 2.23. The van der Waals surface area contributed by atoms with E-state index in [4.69, 9.17) is 5.73 Å². The van der Waals surface area contributed by atoms with E-state index in [1.54, 1.807) is 11.9 Å². The van der Waals surface area contributed by atoms with Crippen molar-refractivity contribution in [2.75, 3.05) is 7.05 Å². The Morgan fingerprint density at radius 1 is 1.04 bits per heavy atom. The minimum Gasteiger partial charge on any atom is -0.370 e. The molecule has 126 valence electrons. The van der Waals surface area contributed by atoms with Crippen LogP contribution in [-0.2, 0) is 11.2 Å². The molecule has 1 atom stereocenters. The first-order valence-electron chi connectivity index (χ1n) is 8.04. The van der Waals surface area contributed by atoms with Crippen molar-refractivity contribution in [2.24, 2.45) is 5.73 Å². The molecule has 2 N–H and O–H groups in total. The van der Waals surface area contributed by atoms with E-state index in [-0.39, 0.29) is 18.4 Å². The third-order valence-electron chi connectivity index (χ3n) is 4.09. The second kappa shape index (κ2) is 7.77. The van der Waals surface area contributed by atoms with E-state index in [0.717, 1.165) is 16.7 Å². The van der Waals surface area contributed by atoms with E-state index in [1.165, 1.54) is 0 Å². The van der Waals surface area contributed by atoms with E-state index in [2.05, 4.69) is 0 Å². The van der Waals surface area contributed by atoms with Crippen molar-refractivity contribution in [1.29, 1.82) is 0 Å². The molecule has 0 heterocycles. The van der Waals surface area contributed by atoms with Crippen molar-refractivity contribution in [3.8, 4) is 0 Å². The quantitative estimate of drug-likeness (QED) is 0.888. The molecule has 0 aromatic heterocycles. The van der Waals surface area contributed by atoms with Crippen molar-refractivity contribution in [2.45, 2.75) is 32.7 Å². The minimum absolute atomic E-state index is 0.0935. The van der Waals surface area contributed by atoms with Crippen LogP contribution in [0.2, 0.25) is 0 Å². The van der Waals surface area contributed by atoms with Crippen molar-refractivity contribution in [1.82, 2.24) is 4.90 Å². The summed E-state index contributed by atoms with van der Waals surface area (Å²) in [7, 11) is 1.73. The number of benzene rings is 2. The van der Waals surface area contributed by atoms with Gasteiger partial charge in [-0.15, -0.1) is 0 Å². The van der Waals surface area contributed by atoms with E-state index in [9.17, 15) is 9.59 Å². The molecule has 0 spiro atoms. The van der Waals surface area contributed by atoms with Gasteiger partial charge in [-0.3, -0.25) is 9.59 Å². The lowest BCUT2D eigenvalue weighted by atomic mass is 10.00. The van der Waals surface area contributed by atoms with Gasteiger partial charge in [0, 0.05) is 25.1 Å². The van der Waals surface area contributed by atoms with Crippen LogP contribution < -0.4 is 5.73 Å². The zero-order valence-corrected chi connectivity index (χ0v) is 14.5. The lowest BCUT2D eigenvalue weighted by Gasteiger charge is -2.28. The number of nitrogens with two attached hydrogens (primary N) is 1. The minimum atomic E-state index is -0.406. The molecular weight excluding hydrogens is 300 g/mol. The van der Waals surface area contributed by atoms with Gasteiger partial charge in [0.05, 0.1) is 0 Å². The first-order chi connectivity index (χ1) is 11.4. The van der Waals surface area contributed by atoms with Gasteiger partial charge in [0.15, 0.2) is 0 Å². The molecule has 2 rings (SSSR count). The number of hydrogen-bond donors (Lipinski definition) is 1. The molecule has 0 unspecified atom stereocenters. The van der Waals surface area contributed by atoms with Crippen LogP contribution in [0.1, 0.15) is 33.5 Å². The summed E-state index contributed by atoms with van der Waals surface area (Å²) in [6, 6.07) is 15.3. The Morgan fingerprint density at radius 2 is 1.62 bits per heavy atom. The molecule has 0 saturated carbocycles. The Morgan fingerprint density at radius 3 is 2.17 bits per heavy atom. The fraction of sp³-hybridized carbons (Fsp3) is 0.300. The van der Waals surface area contributed by atoms with Gasteiger partial charge in [-0.05, 0) is 38.0 Å². The van der Waals surface area contributed by atoms with Crippen LogP contribution in [0.3, 0.4) is 0 Å². The second-order valence-electron chi connectivity index (χ2n) is 6.31. The lowest BCUT2D eigenvalue weighted by Crippen LogP contribution is -2.41. The van der Waals surface area contributed by atoms with Crippen LogP contribution in [0, 0.1) is 13.8 Å². The molecule has 4 heteroatoms. The first kappa shape index (κ1) is 17.7. The zero-order valence-electron chi connectivity index (χ0n) is 14.5. The van der Waals surface area contributed by atoms with Gasteiger partial charge >= 0.3 is 0 Å². The summed E-state index contributed by atoms with van der Waals surface area (Å²) in [5, 5.41) is 0. The fourth-order valence-corrected chi connectivity index (χ4v) is 2.93. The average Bonchev–Trinajstić information content (AvgIpc) is 2.52. The fourth-order valence-electron chi connectivity index (χ4n) is 2.93. The third-order valence-corrected chi connectivity index (χ3v) is 4.09. The topological polar surface area (TPSA) is 63.4 Å². The molecule has 0 aliphatic carbocycles. The predicted molar refractivity (Wildman–Crippen MR) is 95.8 cm³/mol. The molecule has 2 aromatic rings. The molecule has 2 aromatic carbocycles. The smallest absolute Gasteiger partial charge is 0.253 e.